The van der Waals surface area contributed by atoms with E-state index in [4.69, 9.17) is 23.2 Å². The standard InChI is InChI=1S/C25H33Cl2N3O4S/c1-5-22(25(32)28-16-18(2)3)29(14-13-19-9-7-6-8-10-19)24(31)17-30(35(4,33)34)23-12-11-20(26)15-21(23)27/h6-12,15,18,22H,5,13-14,16-17H2,1-4H3,(H,28,32)/t22-/m0/s1. The third-order valence-corrected chi connectivity index (χ3v) is 7.08. The number of amides is 2. The van der Waals surface area contributed by atoms with Gasteiger partial charge in [-0.05, 0) is 42.5 Å². The van der Waals surface area contributed by atoms with Gasteiger partial charge in [0.25, 0.3) is 0 Å². The van der Waals surface area contributed by atoms with Crippen LogP contribution in [0.15, 0.2) is 48.5 Å². The highest BCUT2D eigenvalue weighted by atomic mass is 35.5. The van der Waals surface area contributed by atoms with Gasteiger partial charge in [-0.3, -0.25) is 13.9 Å². The van der Waals surface area contributed by atoms with Crippen LogP contribution in [0.4, 0.5) is 5.69 Å². The molecule has 0 spiro atoms. The number of hydrogen-bond acceptors (Lipinski definition) is 4. The van der Waals surface area contributed by atoms with Crippen molar-refractivity contribution in [2.75, 3.05) is 30.2 Å². The van der Waals surface area contributed by atoms with Gasteiger partial charge in [0.05, 0.1) is 17.0 Å². The fraction of sp³-hybridized carbons (Fsp3) is 0.440. The van der Waals surface area contributed by atoms with Crippen LogP contribution < -0.4 is 9.62 Å². The van der Waals surface area contributed by atoms with Gasteiger partial charge in [0.15, 0.2) is 0 Å². The molecule has 0 aliphatic heterocycles. The molecule has 0 saturated carbocycles. The van der Waals surface area contributed by atoms with Gasteiger partial charge in [0.1, 0.15) is 12.6 Å². The lowest BCUT2D eigenvalue weighted by Gasteiger charge is -2.33. The highest BCUT2D eigenvalue weighted by Gasteiger charge is 2.32. The zero-order valence-corrected chi connectivity index (χ0v) is 22.8. The van der Waals surface area contributed by atoms with E-state index in [1.165, 1.54) is 23.1 Å². The second-order valence-corrected chi connectivity index (χ2v) is 11.5. The number of hydrogen-bond donors (Lipinski definition) is 1. The summed E-state index contributed by atoms with van der Waals surface area (Å²) in [6.07, 6.45) is 1.90. The molecule has 0 fully saturated rings. The lowest BCUT2D eigenvalue weighted by molar-refractivity contribution is -0.139. The molecule has 2 aromatic rings. The van der Waals surface area contributed by atoms with Crippen LogP contribution >= 0.6 is 23.2 Å². The van der Waals surface area contributed by atoms with E-state index in [2.05, 4.69) is 5.32 Å². The normalized spacial score (nSPS) is 12.3. The lowest BCUT2D eigenvalue weighted by Crippen LogP contribution is -2.53. The fourth-order valence-electron chi connectivity index (χ4n) is 3.60. The molecule has 10 heteroatoms. The van der Waals surface area contributed by atoms with E-state index >= 15 is 0 Å². The Bertz CT molecular complexity index is 1110. The zero-order chi connectivity index (χ0) is 26.2. The van der Waals surface area contributed by atoms with E-state index in [-0.39, 0.29) is 29.1 Å². The number of benzene rings is 2. The molecule has 0 saturated heterocycles. The van der Waals surface area contributed by atoms with Crippen molar-refractivity contribution in [1.82, 2.24) is 10.2 Å². The number of anilines is 1. The van der Waals surface area contributed by atoms with Crippen LogP contribution in [0.25, 0.3) is 0 Å². The van der Waals surface area contributed by atoms with Crippen LogP contribution in [0.1, 0.15) is 32.8 Å². The molecule has 2 amide bonds. The van der Waals surface area contributed by atoms with Gasteiger partial charge in [-0.25, -0.2) is 8.42 Å². The fourth-order valence-corrected chi connectivity index (χ4v) is 5.02. The highest BCUT2D eigenvalue weighted by Crippen LogP contribution is 2.30. The third-order valence-electron chi connectivity index (χ3n) is 5.41. The minimum absolute atomic E-state index is 0.105. The molecular weight excluding hydrogens is 509 g/mol. The van der Waals surface area contributed by atoms with Crippen molar-refractivity contribution < 1.29 is 18.0 Å². The minimum atomic E-state index is -3.87. The molecule has 0 aromatic heterocycles. The van der Waals surface area contributed by atoms with Gasteiger partial charge in [-0.2, -0.15) is 0 Å². The Kier molecular flexibility index (Phi) is 10.9. The number of rotatable bonds is 12. The predicted octanol–water partition coefficient (Wildman–Crippen LogP) is 4.38. The van der Waals surface area contributed by atoms with E-state index < -0.39 is 28.5 Å². The van der Waals surface area contributed by atoms with Crippen molar-refractivity contribution in [1.29, 1.82) is 0 Å². The molecule has 1 N–H and O–H groups in total. The van der Waals surface area contributed by atoms with E-state index in [1.54, 1.807) is 0 Å². The summed E-state index contributed by atoms with van der Waals surface area (Å²) in [5, 5.41) is 3.35. The predicted molar refractivity (Wildman–Crippen MR) is 142 cm³/mol. The molecule has 0 bridgehead atoms. The number of halogens is 2. The molecule has 192 valence electrons. The van der Waals surface area contributed by atoms with Crippen LogP contribution in [0.3, 0.4) is 0 Å². The summed E-state index contributed by atoms with van der Waals surface area (Å²) in [6, 6.07) is 13.2. The second-order valence-electron chi connectivity index (χ2n) is 8.75. The molecule has 2 aromatic carbocycles. The summed E-state index contributed by atoms with van der Waals surface area (Å²) in [6.45, 7) is 6.03. The summed E-state index contributed by atoms with van der Waals surface area (Å²) >= 11 is 12.2. The van der Waals surface area contributed by atoms with Gasteiger partial charge in [0.2, 0.25) is 21.8 Å². The molecule has 0 unspecified atom stereocenters. The van der Waals surface area contributed by atoms with E-state index in [0.717, 1.165) is 16.1 Å². The van der Waals surface area contributed by atoms with Gasteiger partial charge < -0.3 is 10.2 Å². The summed E-state index contributed by atoms with van der Waals surface area (Å²) < 4.78 is 26.2. The molecule has 0 heterocycles. The largest absolute Gasteiger partial charge is 0.354 e. The van der Waals surface area contributed by atoms with Crippen LogP contribution in [0, 0.1) is 5.92 Å². The Hall–Kier alpha value is -2.29. The maximum absolute atomic E-state index is 13.6. The Morgan fingerprint density at radius 2 is 1.71 bits per heavy atom. The third kappa shape index (κ3) is 8.70. The van der Waals surface area contributed by atoms with Crippen molar-refractivity contribution >= 4 is 50.7 Å². The first-order valence-corrected chi connectivity index (χ1v) is 14.1. The summed E-state index contributed by atoms with van der Waals surface area (Å²) in [5.41, 5.74) is 1.15. The molecule has 7 nitrogen and oxygen atoms in total. The molecule has 0 aliphatic carbocycles. The molecule has 0 aliphatic rings. The van der Waals surface area contributed by atoms with Crippen molar-refractivity contribution in [2.24, 2.45) is 5.92 Å². The van der Waals surface area contributed by atoms with Crippen molar-refractivity contribution in [2.45, 2.75) is 39.7 Å². The molecular formula is C25H33Cl2N3O4S. The minimum Gasteiger partial charge on any atom is -0.354 e. The van der Waals surface area contributed by atoms with E-state index in [0.29, 0.717) is 24.4 Å². The number of nitrogens with zero attached hydrogens (tertiary/aromatic N) is 2. The SMILES string of the molecule is CC[C@@H](C(=O)NCC(C)C)N(CCc1ccccc1)C(=O)CN(c1ccc(Cl)cc1Cl)S(C)(=O)=O. The number of nitrogens with one attached hydrogen (secondary N) is 1. The van der Waals surface area contributed by atoms with Crippen molar-refractivity contribution in [3.63, 3.8) is 0 Å². The topological polar surface area (TPSA) is 86.8 Å². The molecule has 35 heavy (non-hydrogen) atoms. The highest BCUT2D eigenvalue weighted by molar-refractivity contribution is 7.92. The number of carbonyl (C=O) groups excluding carboxylic acids is 2. The summed E-state index contributed by atoms with van der Waals surface area (Å²) in [5.74, 6) is -0.514. The molecule has 0 radical (unpaired) electrons. The van der Waals surface area contributed by atoms with E-state index in [9.17, 15) is 18.0 Å². The monoisotopic (exact) mass is 541 g/mol. The molecule has 1 atom stereocenters. The summed E-state index contributed by atoms with van der Waals surface area (Å²) in [7, 11) is -3.87. The van der Waals surface area contributed by atoms with Crippen LogP contribution in [-0.2, 0) is 26.0 Å². The number of carbonyl (C=O) groups is 2. The Morgan fingerprint density at radius 1 is 1.06 bits per heavy atom. The van der Waals surface area contributed by atoms with Crippen LogP contribution in [0.2, 0.25) is 10.0 Å². The van der Waals surface area contributed by atoms with Crippen molar-refractivity contribution in [3.8, 4) is 0 Å². The van der Waals surface area contributed by atoms with Crippen molar-refractivity contribution in [3.05, 3.63) is 64.1 Å². The quantitative estimate of drug-likeness (QED) is 0.431. The Labute approximate surface area is 218 Å². The first-order valence-electron chi connectivity index (χ1n) is 11.5. The Balaban J connectivity index is 2.37. The van der Waals surface area contributed by atoms with E-state index in [1.807, 2.05) is 51.1 Å². The van der Waals surface area contributed by atoms with Crippen LogP contribution in [-0.4, -0.2) is 57.1 Å². The van der Waals surface area contributed by atoms with Gasteiger partial charge in [0, 0.05) is 18.1 Å². The van der Waals surface area contributed by atoms with Gasteiger partial charge in [-0.1, -0.05) is 74.3 Å². The average Bonchev–Trinajstić information content (AvgIpc) is 2.79. The maximum Gasteiger partial charge on any atom is 0.244 e. The summed E-state index contributed by atoms with van der Waals surface area (Å²) in [4.78, 5) is 28.1. The zero-order valence-electron chi connectivity index (χ0n) is 20.5. The first kappa shape index (κ1) is 28.9. The average molecular weight is 543 g/mol. The molecule has 2 rings (SSSR count). The first-order chi connectivity index (χ1) is 16.4. The lowest BCUT2D eigenvalue weighted by atomic mass is 10.1. The second kappa shape index (κ2) is 13.1. The number of sulfonamides is 1. The Morgan fingerprint density at radius 3 is 2.26 bits per heavy atom. The van der Waals surface area contributed by atoms with Gasteiger partial charge >= 0.3 is 0 Å². The van der Waals surface area contributed by atoms with Crippen LogP contribution in [0.5, 0.6) is 0 Å². The van der Waals surface area contributed by atoms with Gasteiger partial charge in [-0.15, -0.1) is 0 Å². The smallest absolute Gasteiger partial charge is 0.244 e. The maximum atomic E-state index is 13.6.